The molecule has 1 amide bonds. The lowest BCUT2D eigenvalue weighted by molar-refractivity contribution is -0.129. The van der Waals surface area contributed by atoms with Gasteiger partial charge in [0.25, 0.3) is 0 Å². The fourth-order valence-corrected chi connectivity index (χ4v) is 2.05. The van der Waals surface area contributed by atoms with Crippen molar-refractivity contribution in [3.63, 3.8) is 0 Å². The number of hydrogen-bond acceptors (Lipinski definition) is 3. The summed E-state index contributed by atoms with van der Waals surface area (Å²) in [5.41, 5.74) is -0.496. The molecule has 1 rings (SSSR count). The van der Waals surface area contributed by atoms with Crippen molar-refractivity contribution in [1.82, 2.24) is 10.6 Å². The van der Waals surface area contributed by atoms with Gasteiger partial charge in [-0.25, -0.2) is 0 Å². The third-order valence-electron chi connectivity index (χ3n) is 3.85. The zero-order valence-electron chi connectivity index (χ0n) is 10.9. The van der Waals surface area contributed by atoms with Crippen LogP contribution in [0, 0.1) is 10.8 Å². The molecule has 0 aliphatic heterocycles. The first-order chi connectivity index (χ1) is 7.21. The molecular weight excluding hydrogens is 204 g/mol. The van der Waals surface area contributed by atoms with E-state index < -0.39 is 5.41 Å². The van der Waals surface area contributed by atoms with Crippen molar-refractivity contribution in [1.29, 1.82) is 0 Å². The summed E-state index contributed by atoms with van der Waals surface area (Å²) < 4.78 is 0. The molecule has 4 heteroatoms. The summed E-state index contributed by atoms with van der Waals surface area (Å²) >= 11 is 0. The minimum atomic E-state index is -0.411. The van der Waals surface area contributed by atoms with Crippen LogP contribution in [0.4, 0.5) is 0 Å². The number of nitrogens with one attached hydrogen (secondary N) is 2. The van der Waals surface area contributed by atoms with E-state index in [4.69, 9.17) is 0 Å². The maximum absolute atomic E-state index is 11.6. The number of hydrogen-bond donors (Lipinski definition) is 3. The Morgan fingerprint density at radius 3 is 2.44 bits per heavy atom. The molecule has 16 heavy (non-hydrogen) atoms. The van der Waals surface area contributed by atoms with Gasteiger partial charge in [0.1, 0.15) is 0 Å². The number of carbonyl (C=O) groups excluding carboxylic acids is 1. The van der Waals surface area contributed by atoms with Crippen LogP contribution in [0.1, 0.15) is 34.1 Å². The first-order valence-corrected chi connectivity index (χ1v) is 5.85. The van der Waals surface area contributed by atoms with Crippen LogP contribution >= 0.6 is 0 Å². The summed E-state index contributed by atoms with van der Waals surface area (Å²) in [5.74, 6) is 0.0395. The second-order valence-electron chi connectivity index (χ2n) is 5.97. The minimum absolute atomic E-state index is 0.0395. The lowest BCUT2D eigenvalue weighted by atomic mass is 9.64. The van der Waals surface area contributed by atoms with E-state index in [1.165, 1.54) is 0 Å². The van der Waals surface area contributed by atoms with Crippen LogP contribution in [0.5, 0.6) is 0 Å². The van der Waals surface area contributed by atoms with Crippen LogP contribution in [-0.4, -0.2) is 36.8 Å². The van der Waals surface area contributed by atoms with Crippen LogP contribution in [0.2, 0.25) is 0 Å². The Labute approximate surface area is 97.8 Å². The summed E-state index contributed by atoms with van der Waals surface area (Å²) in [6.07, 6.45) is 0.546. The first-order valence-electron chi connectivity index (χ1n) is 5.85. The molecular formula is C12H24N2O2. The predicted octanol–water partition coefficient (Wildman–Crippen LogP) is 0.508. The molecule has 0 saturated heterocycles. The summed E-state index contributed by atoms with van der Waals surface area (Å²) in [5, 5.41) is 15.7. The van der Waals surface area contributed by atoms with Gasteiger partial charge >= 0.3 is 0 Å². The van der Waals surface area contributed by atoms with Crippen LogP contribution in [0.15, 0.2) is 0 Å². The predicted molar refractivity (Wildman–Crippen MR) is 64.0 cm³/mol. The molecule has 0 aromatic heterocycles. The second kappa shape index (κ2) is 4.34. The smallest absolute Gasteiger partial charge is 0.226 e. The summed E-state index contributed by atoms with van der Waals surface area (Å²) in [6, 6.07) is 0.298. The largest absolute Gasteiger partial charge is 0.392 e. The van der Waals surface area contributed by atoms with Gasteiger partial charge in [0.2, 0.25) is 5.91 Å². The normalized spacial score (nSPS) is 28.4. The van der Waals surface area contributed by atoms with Crippen molar-refractivity contribution in [2.24, 2.45) is 10.8 Å². The van der Waals surface area contributed by atoms with E-state index in [0.29, 0.717) is 12.6 Å². The molecule has 2 atom stereocenters. The Bertz CT molecular complexity index is 274. The minimum Gasteiger partial charge on any atom is -0.392 e. The molecule has 1 aliphatic carbocycles. The molecule has 94 valence electrons. The van der Waals surface area contributed by atoms with E-state index in [1.54, 1.807) is 7.05 Å². The number of aliphatic hydroxyl groups is 1. The maximum atomic E-state index is 11.6. The molecule has 2 unspecified atom stereocenters. The molecule has 0 radical (unpaired) electrons. The number of amides is 1. The molecule has 3 N–H and O–H groups in total. The second-order valence-corrected chi connectivity index (χ2v) is 5.97. The zero-order chi connectivity index (χ0) is 12.6. The standard InChI is InChI=1S/C12H24N2O2/c1-11(2,10(16)13-5)7-14-8-6-9(15)12(8,3)4/h8-9,14-15H,6-7H2,1-5H3,(H,13,16). The topological polar surface area (TPSA) is 61.4 Å². The van der Waals surface area contributed by atoms with Gasteiger partial charge in [-0.05, 0) is 20.3 Å². The van der Waals surface area contributed by atoms with Crippen molar-refractivity contribution < 1.29 is 9.90 Å². The van der Waals surface area contributed by atoms with Crippen molar-refractivity contribution in [2.45, 2.75) is 46.3 Å². The average molecular weight is 228 g/mol. The van der Waals surface area contributed by atoms with E-state index in [1.807, 2.05) is 27.7 Å². The molecule has 0 spiro atoms. The van der Waals surface area contributed by atoms with Gasteiger partial charge in [0, 0.05) is 25.0 Å². The Morgan fingerprint density at radius 2 is 2.06 bits per heavy atom. The third-order valence-corrected chi connectivity index (χ3v) is 3.85. The van der Waals surface area contributed by atoms with Crippen molar-refractivity contribution in [2.75, 3.05) is 13.6 Å². The van der Waals surface area contributed by atoms with Gasteiger partial charge in [-0.15, -0.1) is 0 Å². The SMILES string of the molecule is CNC(=O)C(C)(C)CNC1CC(O)C1(C)C. The number of rotatable bonds is 4. The summed E-state index contributed by atoms with van der Waals surface area (Å²) in [7, 11) is 1.65. The monoisotopic (exact) mass is 228 g/mol. The van der Waals surface area contributed by atoms with Crippen LogP contribution in [-0.2, 0) is 4.79 Å². The van der Waals surface area contributed by atoms with Gasteiger partial charge in [0.05, 0.1) is 11.5 Å². The van der Waals surface area contributed by atoms with Crippen molar-refractivity contribution >= 4 is 5.91 Å². The Hall–Kier alpha value is -0.610. The molecule has 1 saturated carbocycles. The van der Waals surface area contributed by atoms with Gasteiger partial charge < -0.3 is 15.7 Å². The van der Waals surface area contributed by atoms with E-state index in [0.717, 1.165) is 6.42 Å². The molecule has 0 aromatic rings. The average Bonchev–Trinajstić information content (AvgIpc) is 2.22. The zero-order valence-corrected chi connectivity index (χ0v) is 10.9. The Morgan fingerprint density at radius 1 is 1.50 bits per heavy atom. The highest BCUT2D eigenvalue weighted by atomic mass is 16.3. The Kier molecular flexibility index (Phi) is 3.65. The molecule has 0 heterocycles. The Balaban J connectivity index is 2.44. The molecule has 0 aromatic carbocycles. The maximum Gasteiger partial charge on any atom is 0.226 e. The number of aliphatic hydroxyl groups excluding tert-OH is 1. The molecule has 4 nitrogen and oxygen atoms in total. The van der Waals surface area contributed by atoms with Crippen LogP contribution in [0.3, 0.4) is 0 Å². The highest BCUT2D eigenvalue weighted by Crippen LogP contribution is 2.40. The first kappa shape index (κ1) is 13.5. The fraction of sp³-hybridized carbons (Fsp3) is 0.917. The highest BCUT2D eigenvalue weighted by Gasteiger charge is 2.47. The van der Waals surface area contributed by atoms with E-state index in [2.05, 4.69) is 10.6 Å². The lowest BCUT2D eigenvalue weighted by Crippen LogP contribution is -2.61. The quantitative estimate of drug-likeness (QED) is 0.657. The summed E-state index contributed by atoms with van der Waals surface area (Å²) in [6.45, 7) is 8.56. The van der Waals surface area contributed by atoms with Gasteiger partial charge in [-0.1, -0.05) is 13.8 Å². The van der Waals surface area contributed by atoms with E-state index >= 15 is 0 Å². The van der Waals surface area contributed by atoms with Crippen molar-refractivity contribution in [3.8, 4) is 0 Å². The lowest BCUT2D eigenvalue weighted by Gasteiger charge is -2.50. The fourth-order valence-electron chi connectivity index (χ4n) is 2.05. The summed E-state index contributed by atoms with van der Waals surface area (Å²) in [4.78, 5) is 11.6. The molecule has 1 fully saturated rings. The van der Waals surface area contributed by atoms with E-state index in [-0.39, 0.29) is 17.4 Å². The van der Waals surface area contributed by atoms with E-state index in [9.17, 15) is 9.90 Å². The molecule has 0 bridgehead atoms. The van der Waals surface area contributed by atoms with Gasteiger partial charge in [-0.3, -0.25) is 4.79 Å². The number of carbonyl (C=O) groups is 1. The third kappa shape index (κ3) is 2.38. The van der Waals surface area contributed by atoms with Crippen molar-refractivity contribution in [3.05, 3.63) is 0 Å². The van der Waals surface area contributed by atoms with Gasteiger partial charge in [-0.2, -0.15) is 0 Å². The van der Waals surface area contributed by atoms with Gasteiger partial charge in [0.15, 0.2) is 0 Å². The van der Waals surface area contributed by atoms with Crippen LogP contribution < -0.4 is 10.6 Å². The highest BCUT2D eigenvalue weighted by molar-refractivity contribution is 5.81. The van der Waals surface area contributed by atoms with Crippen LogP contribution in [0.25, 0.3) is 0 Å². The molecule has 1 aliphatic rings.